The lowest BCUT2D eigenvalue weighted by Gasteiger charge is -2.18. The molecule has 0 aromatic heterocycles. The van der Waals surface area contributed by atoms with Crippen LogP contribution < -0.4 is 0 Å². The molecule has 6 nitrogen and oxygen atoms in total. The quantitative estimate of drug-likeness (QED) is 0.0262. The Labute approximate surface area is 428 Å². The summed E-state index contributed by atoms with van der Waals surface area (Å²) in [5.41, 5.74) is 0. The fourth-order valence-electron chi connectivity index (χ4n) is 8.44. The minimum absolute atomic E-state index is 0.0826. The molecule has 1 atom stereocenters. The third-order valence-electron chi connectivity index (χ3n) is 13.0. The van der Waals surface area contributed by atoms with Crippen molar-refractivity contribution in [3.63, 3.8) is 0 Å². The third kappa shape index (κ3) is 55.9. The second-order valence-electron chi connectivity index (χ2n) is 19.9. The predicted octanol–water partition coefficient (Wildman–Crippen LogP) is 20.0. The van der Waals surface area contributed by atoms with Crippen molar-refractivity contribution in [1.82, 2.24) is 0 Å². The van der Waals surface area contributed by atoms with Crippen LogP contribution in [0.15, 0.2) is 60.8 Å². The van der Waals surface area contributed by atoms with Crippen molar-refractivity contribution in [2.45, 2.75) is 309 Å². The first-order valence-electron chi connectivity index (χ1n) is 29.8. The lowest BCUT2D eigenvalue weighted by Crippen LogP contribution is -2.30. The first kappa shape index (κ1) is 66.1. The largest absolute Gasteiger partial charge is 0.462 e. The highest BCUT2D eigenvalue weighted by molar-refractivity contribution is 5.71. The molecule has 6 heteroatoms. The van der Waals surface area contributed by atoms with E-state index in [0.717, 1.165) is 89.9 Å². The van der Waals surface area contributed by atoms with Crippen LogP contribution in [0.3, 0.4) is 0 Å². The van der Waals surface area contributed by atoms with Crippen molar-refractivity contribution in [1.29, 1.82) is 0 Å². The van der Waals surface area contributed by atoms with Gasteiger partial charge in [-0.3, -0.25) is 14.4 Å². The summed E-state index contributed by atoms with van der Waals surface area (Å²) in [7, 11) is 0. The van der Waals surface area contributed by atoms with Crippen LogP contribution in [0.2, 0.25) is 0 Å². The van der Waals surface area contributed by atoms with Gasteiger partial charge in [0.15, 0.2) is 6.10 Å². The summed E-state index contributed by atoms with van der Waals surface area (Å²) in [6.07, 6.45) is 72.0. The summed E-state index contributed by atoms with van der Waals surface area (Å²) >= 11 is 0. The molecule has 0 rings (SSSR count). The number of hydrogen-bond donors (Lipinski definition) is 0. The summed E-state index contributed by atoms with van der Waals surface area (Å²) in [5, 5.41) is 0. The normalized spacial score (nSPS) is 12.4. The molecule has 0 radical (unpaired) electrons. The third-order valence-corrected chi connectivity index (χ3v) is 13.0. The second kappa shape index (κ2) is 57.7. The molecule has 69 heavy (non-hydrogen) atoms. The van der Waals surface area contributed by atoms with Crippen molar-refractivity contribution in [3.8, 4) is 0 Å². The average Bonchev–Trinajstić information content (AvgIpc) is 3.35. The first-order chi connectivity index (χ1) is 34.0. The lowest BCUT2D eigenvalue weighted by atomic mass is 10.1. The van der Waals surface area contributed by atoms with Crippen molar-refractivity contribution in [2.24, 2.45) is 0 Å². The molecule has 0 spiro atoms. The first-order valence-corrected chi connectivity index (χ1v) is 29.8. The molecule has 0 aliphatic heterocycles. The molecule has 0 aliphatic carbocycles. The number of hydrogen-bond acceptors (Lipinski definition) is 6. The predicted molar refractivity (Wildman–Crippen MR) is 298 cm³/mol. The van der Waals surface area contributed by atoms with Crippen LogP contribution in [0.5, 0.6) is 0 Å². The van der Waals surface area contributed by atoms with Crippen LogP contribution in [-0.4, -0.2) is 37.2 Å². The van der Waals surface area contributed by atoms with Crippen LogP contribution in [0.1, 0.15) is 303 Å². The molecule has 0 saturated heterocycles. The fourth-order valence-corrected chi connectivity index (χ4v) is 8.44. The Morgan fingerprint density at radius 1 is 0.290 bits per heavy atom. The molecule has 0 unspecified atom stereocenters. The monoisotopic (exact) mass is 965 g/mol. The van der Waals surface area contributed by atoms with E-state index in [-0.39, 0.29) is 31.1 Å². The Hall–Kier alpha value is -2.89. The summed E-state index contributed by atoms with van der Waals surface area (Å²) in [6.45, 7) is 6.59. The van der Waals surface area contributed by atoms with Crippen LogP contribution in [-0.2, 0) is 28.6 Å². The Kier molecular flexibility index (Phi) is 55.3. The zero-order valence-corrected chi connectivity index (χ0v) is 45.8. The van der Waals surface area contributed by atoms with E-state index in [1.807, 2.05) is 0 Å². The van der Waals surface area contributed by atoms with Crippen LogP contribution in [0.4, 0.5) is 0 Å². The number of unbranched alkanes of at least 4 members (excludes halogenated alkanes) is 33. The number of allylic oxidation sites excluding steroid dienone is 10. The van der Waals surface area contributed by atoms with E-state index in [9.17, 15) is 14.4 Å². The Morgan fingerprint density at radius 2 is 0.522 bits per heavy atom. The van der Waals surface area contributed by atoms with E-state index in [2.05, 4.69) is 81.5 Å². The van der Waals surface area contributed by atoms with Gasteiger partial charge in [-0.25, -0.2) is 0 Å². The molecule has 0 aromatic carbocycles. The molecule has 0 saturated carbocycles. The number of carbonyl (C=O) groups excluding carboxylic acids is 3. The van der Waals surface area contributed by atoms with Gasteiger partial charge in [-0.1, -0.05) is 236 Å². The summed E-state index contributed by atoms with van der Waals surface area (Å²) in [4.78, 5) is 38.2. The number of carbonyl (C=O) groups is 3. The van der Waals surface area contributed by atoms with Crippen molar-refractivity contribution >= 4 is 17.9 Å². The molecule has 0 aromatic rings. The lowest BCUT2D eigenvalue weighted by molar-refractivity contribution is -0.167. The Morgan fingerprint density at radius 3 is 0.841 bits per heavy atom. The Bertz CT molecular complexity index is 1250. The van der Waals surface area contributed by atoms with Gasteiger partial charge >= 0.3 is 17.9 Å². The molecule has 0 heterocycles. The van der Waals surface area contributed by atoms with E-state index >= 15 is 0 Å². The number of ether oxygens (including phenoxy) is 3. The molecule has 0 amide bonds. The van der Waals surface area contributed by atoms with Crippen LogP contribution >= 0.6 is 0 Å². The minimum atomic E-state index is -0.785. The number of esters is 3. The fraction of sp³-hybridized carbons (Fsp3) is 0.794. The summed E-state index contributed by atoms with van der Waals surface area (Å²) < 4.78 is 16.9. The zero-order valence-electron chi connectivity index (χ0n) is 45.8. The van der Waals surface area contributed by atoms with Crippen molar-refractivity contribution in [3.05, 3.63) is 60.8 Å². The number of rotatable bonds is 54. The topological polar surface area (TPSA) is 78.9 Å². The molecule has 400 valence electrons. The zero-order chi connectivity index (χ0) is 50.0. The van der Waals surface area contributed by atoms with Crippen molar-refractivity contribution < 1.29 is 28.6 Å². The molecule has 0 bridgehead atoms. The smallest absolute Gasteiger partial charge is 0.306 e. The van der Waals surface area contributed by atoms with Gasteiger partial charge in [0, 0.05) is 19.3 Å². The molecule has 0 aliphatic rings. The van der Waals surface area contributed by atoms with E-state index in [0.29, 0.717) is 19.3 Å². The van der Waals surface area contributed by atoms with Gasteiger partial charge in [-0.2, -0.15) is 0 Å². The van der Waals surface area contributed by atoms with Gasteiger partial charge < -0.3 is 14.2 Å². The van der Waals surface area contributed by atoms with E-state index < -0.39 is 6.10 Å². The highest BCUT2D eigenvalue weighted by Gasteiger charge is 2.19. The molecular weight excluding hydrogens is 853 g/mol. The van der Waals surface area contributed by atoms with Crippen LogP contribution in [0, 0.1) is 0 Å². The van der Waals surface area contributed by atoms with E-state index in [4.69, 9.17) is 14.2 Å². The SMILES string of the molecule is CCCCC/C=C\C/C=C\CCCCCCCCCC(=O)OC[C@H](COC(=O)CCCCCCC/C=C\C/C=C\CCCCC)OC(=O)CCCCCCCCCCC/C=C\CCCCCCCC. The Balaban J connectivity index is 4.39. The summed E-state index contributed by atoms with van der Waals surface area (Å²) in [5.74, 6) is -0.894. The average molecular weight is 966 g/mol. The van der Waals surface area contributed by atoms with E-state index in [1.165, 1.54) is 173 Å². The molecule has 0 fully saturated rings. The van der Waals surface area contributed by atoms with Gasteiger partial charge in [0.05, 0.1) is 0 Å². The van der Waals surface area contributed by atoms with Gasteiger partial charge in [0.1, 0.15) is 13.2 Å². The van der Waals surface area contributed by atoms with Gasteiger partial charge in [0.25, 0.3) is 0 Å². The highest BCUT2D eigenvalue weighted by Crippen LogP contribution is 2.15. The van der Waals surface area contributed by atoms with Gasteiger partial charge in [0.2, 0.25) is 0 Å². The standard InChI is InChI=1S/C63H112O6/c1-4-7-10-13-16-19-22-25-28-30-31-33-36-39-42-45-48-51-54-57-63(66)69-60(58-67-61(64)55-52-49-46-43-40-37-34-27-24-21-18-15-12-9-6-3)59-68-62(65)56-53-50-47-44-41-38-35-32-29-26-23-20-17-14-11-8-5-2/h17-18,20-21,25-29,34,60H,4-16,19,22-24,30-33,35-59H2,1-3H3/b20-17-,21-18-,28-25-,29-26-,34-27-/t60-/m0/s1. The highest BCUT2D eigenvalue weighted by atomic mass is 16.6. The van der Waals surface area contributed by atoms with Gasteiger partial charge in [-0.05, 0) is 109 Å². The maximum absolute atomic E-state index is 12.9. The molecular formula is C63H112O6. The minimum Gasteiger partial charge on any atom is -0.462 e. The second-order valence-corrected chi connectivity index (χ2v) is 19.9. The molecule has 0 N–H and O–H groups in total. The van der Waals surface area contributed by atoms with Crippen molar-refractivity contribution in [2.75, 3.05) is 13.2 Å². The maximum Gasteiger partial charge on any atom is 0.306 e. The summed E-state index contributed by atoms with van der Waals surface area (Å²) in [6, 6.07) is 0. The maximum atomic E-state index is 12.9. The van der Waals surface area contributed by atoms with Gasteiger partial charge in [-0.15, -0.1) is 0 Å². The van der Waals surface area contributed by atoms with E-state index in [1.54, 1.807) is 0 Å². The van der Waals surface area contributed by atoms with Crippen LogP contribution in [0.25, 0.3) is 0 Å².